The Morgan fingerprint density at radius 1 is 1.05 bits per heavy atom. The normalized spacial score (nSPS) is 11.7. The van der Waals surface area contributed by atoms with Crippen LogP contribution in [0.3, 0.4) is 0 Å². The summed E-state index contributed by atoms with van der Waals surface area (Å²) in [4.78, 5) is 0. The average Bonchev–Trinajstić information content (AvgIpc) is 2.54. The lowest BCUT2D eigenvalue weighted by Crippen LogP contribution is -2.21. The van der Waals surface area contributed by atoms with Gasteiger partial charge in [0.15, 0.2) is 0 Å². The Bertz CT molecular complexity index is 597. The minimum atomic E-state index is 0.218. The molecule has 1 unspecified atom stereocenters. The standard InChI is InChI=1S/C18H20N2O/c1-2-17(20)11-14-7-9-18(10-8-14)21-13-16-5-3-15(12-19)4-6-16/h3-10,17H,2,11,13,20H2,1H3. The number of nitrogens with zero attached hydrogens (tertiary/aromatic N) is 1. The van der Waals surface area contributed by atoms with Crippen molar-refractivity contribution >= 4 is 0 Å². The fraction of sp³-hybridized carbons (Fsp3) is 0.278. The zero-order valence-electron chi connectivity index (χ0n) is 12.3. The van der Waals surface area contributed by atoms with Crippen LogP contribution < -0.4 is 10.5 Å². The summed E-state index contributed by atoms with van der Waals surface area (Å²) in [5.74, 6) is 0.841. The van der Waals surface area contributed by atoms with Gasteiger partial charge in [-0.2, -0.15) is 5.26 Å². The maximum Gasteiger partial charge on any atom is 0.119 e. The van der Waals surface area contributed by atoms with Crippen LogP contribution in [0.2, 0.25) is 0 Å². The van der Waals surface area contributed by atoms with Crippen LogP contribution in [0, 0.1) is 11.3 Å². The van der Waals surface area contributed by atoms with Gasteiger partial charge >= 0.3 is 0 Å². The van der Waals surface area contributed by atoms with Crippen molar-refractivity contribution in [3.63, 3.8) is 0 Å². The molecule has 2 N–H and O–H groups in total. The Labute approximate surface area is 126 Å². The van der Waals surface area contributed by atoms with Gasteiger partial charge < -0.3 is 10.5 Å². The highest BCUT2D eigenvalue weighted by Crippen LogP contribution is 2.15. The number of hydrogen-bond acceptors (Lipinski definition) is 3. The van der Waals surface area contributed by atoms with Crippen LogP contribution in [-0.2, 0) is 13.0 Å². The molecule has 0 spiro atoms. The molecule has 0 radical (unpaired) electrons. The lowest BCUT2D eigenvalue weighted by molar-refractivity contribution is 0.306. The molecule has 0 bridgehead atoms. The van der Waals surface area contributed by atoms with E-state index in [4.69, 9.17) is 15.7 Å². The fourth-order valence-corrected chi connectivity index (χ4v) is 2.01. The maximum atomic E-state index is 8.75. The second-order valence-corrected chi connectivity index (χ2v) is 5.11. The molecular formula is C18H20N2O. The van der Waals surface area contributed by atoms with Crippen molar-refractivity contribution in [2.75, 3.05) is 0 Å². The molecule has 2 aromatic rings. The summed E-state index contributed by atoms with van der Waals surface area (Å²) in [7, 11) is 0. The highest BCUT2D eigenvalue weighted by Gasteiger charge is 2.02. The van der Waals surface area contributed by atoms with E-state index in [-0.39, 0.29) is 6.04 Å². The first-order valence-electron chi connectivity index (χ1n) is 7.17. The number of benzene rings is 2. The Balaban J connectivity index is 1.89. The smallest absolute Gasteiger partial charge is 0.119 e. The number of hydrogen-bond donors (Lipinski definition) is 1. The van der Waals surface area contributed by atoms with E-state index < -0.39 is 0 Å². The van der Waals surface area contributed by atoms with Crippen molar-refractivity contribution in [1.29, 1.82) is 5.26 Å². The molecule has 0 fully saturated rings. The van der Waals surface area contributed by atoms with Crippen LogP contribution >= 0.6 is 0 Å². The maximum absolute atomic E-state index is 8.75. The SMILES string of the molecule is CCC(N)Cc1ccc(OCc2ccc(C#N)cc2)cc1. The van der Waals surface area contributed by atoms with Crippen LogP contribution in [0.15, 0.2) is 48.5 Å². The molecule has 0 aliphatic heterocycles. The molecule has 3 heteroatoms. The highest BCUT2D eigenvalue weighted by molar-refractivity contribution is 5.32. The van der Waals surface area contributed by atoms with Gasteiger partial charge in [0, 0.05) is 6.04 Å². The van der Waals surface area contributed by atoms with Crippen LogP contribution in [0.25, 0.3) is 0 Å². The Hall–Kier alpha value is -2.31. The second kappa shape index (κ2) is 7.47. The lowest BCUT2D eigenvalue weighted by Gasteiger charge is -2.10. The van der Waals surface area contributed by atoms with Gasteiger partial charge in [-0.15, -0.1) is 0 Å². The van der Waals surface area contributed by atoms with Gasteiger partial charge in [0.2, 0.25) is 0 Å². The predicted octanol–water partition coefficient (Wildman–Crippen LogP) is 3.42. The van der Waals surface area contributed by atoms with Gasteiger partial charge in [-0.3, -0.25) is 0 Å². The third-order valence-corrected chi connectivity index (χ3v) is 3.43. The summed E-state index contributed by atoms with van der Waals surface area (Å²) in [5.41, 5.74) is 8.89. The first-order valence-corrected chi connectivity index (χ1v) is 7.17. The van der Waals surface area contributed by atoms with Crippen molar-refractivity contribution < 1.29 is 4.74 Å². The summed E-state index contributed by atoms with van der Waals surface area (Å²) in [5, 5.41) is 8.75. The van der Waals surface area contributed by atoms with Crippen molar-refractivity contribution in [2.24, 2.45) is 5.73 Å². The molecule has 2 rings (SSSR count). The quantitative estimate of drug-likeness (QED) is 0.882. The molecule has 0 saturated carbocycles. The van der Waals surface area contributed by atoms with Crippen LogP contribution in [-0.4, -0.2) is 6.04 Å². The molecule has 0 aliphatic carbocycles. The second-order valence-electron chi connectivity index (χ2n) is 5.11. The molecule has 0 aromatic heterocycles. The molecule has 1 atom stereocenters. The van der Waals surface area contributed by atoms with Crippen molar-refractivity contribution in [2.45, 2.75) is 32.4 Å². The molecule has 0 saturated heterocycles. The van der Waals surface area contributed by atoms with Gasteiger partial charge in [-0.1, -0.05) is 31.2 Å². The number of nitrogens with two attached hydrogens (primary N) is 1. The number of nitriles is 1. The van der Waals surface area contributed by atoms with Gasteiger partial charge in [-0.25, -0.2) is 0 Å². The largest absolute Gasteiger partial charge is 0.489 e. The first kappa shape index (κ1) is 15.1. The van der Waals surface area contributed by atoms with Crippen molar-refractivity contribution in [1.82, 2.24) is 0 Å². The van der Waals surface area contributed by atoms with Gasteiger partial charge in [0.1, 0.15) is 12.4 Å². The van der Waals surface area contributed by atoms with E-state index in [9.17, 15) is 0 Å². The van der Waals surface area contributed by atoms with E-state index in [0.29, 0.717) is 12.2 Å². The van der Waals surface area contributed by atoms with Crippen molar-refractivity contribution in [3.05, 3.63) is 65.2 Å². The summed E-state index contributed by atoms with van der Waals surface area (Å²) in [6, 6.07) is 17.8. The van der Waals surface area contributed by atoms with Crippen LogP contribution in [0.4, 0.5) is 0 Å². The van der Waals surface area contributed by atoms with Gasteiger partial charge in [0.25, 0.3) is 0 Å². The third-order valence-electron chi connectivity index (χ3n) is 3.43. The molecular weight excluding hydrogens is 260 g/mol. The first-order chi connectivity index (χ1) is 10.2. The van der Waals surface area contributed by atoms with E-state index in [1.54, 1.807) is 12.1 Å². The highest BCUT2D eigenvalue weighted by atomic mass is 16.5. The molecule has 2 aromatic carbocycles. The van der Waals surface area contributed by atoms with E-state index in [1.807, 2.05) is 24.3 Å². The Kier molecular flexibility index (Phi) is 5.36. The molecule has 21 heavy (non-hydrogen) atoms. The molecule has 0 amide bonds. The van der Waals surface area contributed by atoms with Crippen molar-refractivity contribution in [3.8, 4) is 11.8 Å². The molecule has 0 heterocycles. The van der Waals surface area contributed by atoms with Gasteiger partial charge in [-0.05, 0) is 48.2 Å². The Morgan fingerprint density at radius 3 is 2.24 bits per heavy atom. The van der Waals surface area contributed by atoms with E-state index in [0.717, 1.165) is 24.2 Å². The van der Waals surface area contributed by atoms with E-state index >= 15 is 0 Å². The average molecular weight is 280 g/mol. The predicted molar refractivity (Wildman–Crippen MR) is 83.9 cm³/mol. The minimum absolute atomic E-state index is 0.218. The van der Waals surface area contributed by atoms with E-state index in [1.165, 1.54) is 5.56 Å². The summed E-state index contributed by atoms with van der Waals surface area (Å²) >= 11 is 0. The number of ether oxygens (including phenoxy) is 1. The topological polar surface area (TPSA) is 59.0 Å². The fourth-order valence-electron chi connectivity index (χ4n) is 2.01. The minimum Gasteiger partial charge on any atom is -0.489 e. The summed E-state index contributed by atoms with van der Waals surface area (Å²) < 4.78 is 5.74. The molecule has 3 nitrogen and oxygen atoms in total. The van der Waals surface area contributed by atoms with Crippen LogP contribution in [0.1, 0.15) is 30.0 Å². The lowest BCUT2D eigenvalue weighted by atomic mass is 10.0. The number of rotatable bonds is 6. The molecule has 108 valence electrons. The summed E-state index contributed by atoms with van der Waals surface area (Å²) in [6.45, 7) is 2.60. The zero-order valence-corrected chi connectivity index (χ0v) is 12.3. The van der Waals surface area contributed by atoms with Gasteiger partial charge in [0.05, 0.1) is 11.6 Å². The molecule has 0 aliphatic rings. The zero-order chi connectivity index (χ0) is 15.1. The van der Waals surface area contributed by atoms with Crippen LogP contribution in [0.5, 0.6) is 5.75 Å². The Morgan fingerprint density at radius 2 is 1.67 bits per heavy atom. The summed E-state index contributed by atoms with van der Waals surface area (Å²) in [6.07, 6.45) is 1.88. The third kappa shape index (κ3) is 4.62. The van der Waals surface area contributed by atoms with E-state index in [2.05, 4.69) is 25.1 Å². The monoisotopic (exact) mass is 280 g/mol.